The number of imidazole rings is 1. The molecule has 40 heavy (non-hydrogen) atoms. The molecule has 0 aliphatic carbocycles. The van der Waals surface area contributed by atoms with Gasteiger partial charge in [-0.25, -0.2) is 9.59 Å². The predicted molar refractivity (Wildman–Crippen MR) is 143 cm³/mol. The summed E-state index contributed by atoms with van der Waals surface area (Å²) in [7, 11) is 2.05. The highest BCUT2D eigenvalue weighted by atomic mass is 19.4. The Hall–Kier alpha value is -3.60. The van der Waals surface area contributed by atoms with Crippen molar-refractivity contribution in [1.29, 1.82) is 0 Å². The van der Waals surface area contributed by atoms with Crippen molar-refractivity contribution in [1.82, 2.24) is 18.9 Å². The van der Waals surface area contributed by atoms with Crippen molar-refractivity contribution >= 4 is 22.9 Å². The Kier molecular flexibility index (Phi) is 8.02. The minimum absolute atomic E-state index is 0.0109. The number of ether oxygens (including phenoxy) is 1. The number of benzene rings is 2. The number of likely N-dealkylation sites (tertiary alicyclic amines) is 2. The fraction of sp³-hybridized carbons (Fsp3) is 0.483. The normalized spacial score (nSPS) is 17.9. The number of carbonyl (C=O) groups is 2. The molecule has 5 rings (SSSR count). The summed E-state index contributed by atoms with van der Waals surface area (Å²) in [5, 5.41) is 0. The van der Waals surface area contributed by atoms with Crippen LogP contribution in [0.25, 0.3) is 11.0 Å². The van der Waals surface area contributed by atoms with E-state index in [0.29, 0.717) is 37.0 Å². The summed E-state index contributed by atoms with van der Waals surface area (Å²) >= 11 is 0. The molecule has 2 fully saturated rings. The lowest BCUT2D eigenvalue weighted by atomic mass is 9.94. The van der Waals surface area contributed by atoms with Crippen molar-refractivity contribution in [3.63, 3.8) is 0 Å². The van der Waals surface area contributed by atoms with Crippen LogP contribution in [0.15, 0.2) is 53.3 Å². The lowest BCUT2D eigenvalue weighted by Crippen LogP contribution is -2.45. The van der Waals surface area contributed by atoms with Crippen LogP contribution >= 0.6 is 0 Å². The molecule has 11 heteroatoms. The maximum atomic E-state index is 13.6. The van der Waals surface area contributed by atoms with Gasteiger partial charge in [-0.2, -0.15) is 13.2 Å². The van der Waals surface area contributed by atoms with Gasteiger partial charge in [-0.15, -0.1) is 0 Å². The first kappa shape index (κ1) is 27.9. The molecule has 214 valence electrons. The third-order valence-electron chi connectivity index (χ3n) is 8.06. The van der Waals surface area contributed by atoms with Crippen molar-refractivity contribution in [2.75, 3.05) is 39.8 Å². The molecule has 0 spiro atoms. The van der Waals surface area contributed by atoms with E-state index in [0.717, 1.165) is 38.1 Å². The molecule has 0 bridgehead atoms. The average Bonchev–Trinajstić information content (AvgIpc) is 3.23. The number of aromatic nitrogens is 2. The van der Waals surface area contributed by atoms with Crippen molar-refractivity contribution in [3.8, 4) is 0 Å². The summed E-state index contributed by atoms with van der Waals surface area (Å²) in [5.74, 6) is -0.414. The lowest BCUT2D eigenvalue weighted by molar-refractivity contribution is -0.138. The van der Waals surface area contributed by atoms with Crippen LogP contribution in [-0.2, 0) is 22.3 Å². The van der Waals surface area contributed by atoms with Gasteiger partial charge in [0.15, 0.2) is 0 Å². The molecule has 3 heterocycles. The maximum Gasteiger partial charge on any atom is 0.416 e. The second-order valence-electron chi connectivity index (χ2n) is 10.6. The van der Waals surface area contributed by atoms with Gasteiger partial charge in [0.1, 0.15) is 6.61 Å². The van der Waals surface area contributed by atoms with Crippen molar-refractivity contribution in [2.24, 2.45) is 5.92 Å². The van der Waals surface area contributed by atoms with Gasteiger partial charge in [0.05, 0.1) is 28.7 Å². The van der Waals surface area contributed by atoms with Crippen LogP contribution in [0.2, 0.25) is 0 Å². The molecule has 1 amide bonds. The van der Waals surface area contributed by atoms with Crippen molar-refractivity contribution in [3.05, 3.63) is 70.1 Å². The molecule has 3 aromatic rings. The van der Waals surface area contributed by atoms with Gasteiger partial charge >= 0.3 is 17.8 Å². The number of amides is 1. The van der Waals surface area contributed by atoms with Gasteiger partial charge < -0.3 is 14.5 Å². The molecule has 0 unspecified atom stereocenters. The smallest absolute Gasteiger partial charge is 0.416 e. The molecule has 1 aromatic heterocycles. The maximum absolute atomic E-state index is 13.6. The van der Waals surface area contributed by atoms with Gasteiger partial charge in [0.2, 0.25) is 5.91 Å². The zero-order chi connectivity index (χ0) is 28.4. The SMILES string of the molecule is CN1CCC(C(=O)N2CCC(n3c(=O)n(CCOC(=O)c4ccccc4)c4cc(C(F)(F)F)ccc43)CC2)CC1. The number of fused-ring (bicyclic) bond motifs is 1. The standard InChI is InChI=1S/C29H33F3N4O4/c1-33-13-9-20(10-14-33)26(37)34-15-11-23(12-16-34)36-24-8-7-22(29(30,31)32)19-25(24)35(28(36)39)17-18-40-27(38)21-5-3-2-4-6-21/h2-8,19-20,23H,9-18H2,1H3. The number of piperidine rings is 2. The van der Waals surface area contributed by atoms with E-state index >= 15 is 0 Å². The Morgan fingerprint density at radius 2 is 1.60 bits per heavy atom. The van der Waals surface area contributed by atoms with Crippen LogP contribution in [-0.4, -0.2) is 70.6 Å². The highest BCUT2D eigenvalue weighted by molar-refractivity contribution is 5.89. The third-order valence-corrected chi connectivity index (χ3v) is 8.06. The Balaban J connectivity index is 1.35. The highest BCUT2D eigenvalue weighted by Crippen LogP contribution is 2.33. The summed E-state index contributed by atoms with van der Waals surface area (Å²) in [4.78, 5) is 43.1. The van der Waals surface area contributed by atoms with Gasteiger partial charge in [-0.1, -0.05) is 18.2 Å². The van der Waals surface area contributed by atoms with E-state index in [4.69, 9.17) is 4.74 Å². The fourth-order valence-electron chi connectivity index (χ4n) is 5.77. The predicted octanol–water partition coefficient (Wildman–Crippen LogP) is 4.18. The third kappa shape index (κ3) is 5.79. The molecule has 0 atom stereocenters. The van der Waals surface area contributed by atoms with Crippen LogP contribution in [0.5, 0.6) is 0 Å². The summed E-state index contributed by atoms with van der Waals surface area (Å²) in [6, 6.07) is 11.4. The van der Waals surface area contributed by atoms with Crippen LogP contribution in [0, 0.1) is 5.92 Å². The molecule has 2 aliphatic rings. The fourth-order valence-corrected chi connectivity index (χ4v) is 5.77. The first-order valence-electron chi connectivity index (χ1n) is 13.6. The molecule has 2 saturated heterocycles. The second kappa shape index (κ2) is 11.5. The summed E-state index contributed by atoms with van der Waals surface area (Å²) in [6.45, 7) is 2.50. The molecule has 0 N–H and O–H groups in total. The highest BCUT2D eigenvalue weighted by Gasteiger charge is 2.34. The Morgan fingerprint density at radius 3 is 2.25 bits per heavy atom. The van der Waals surface area contributed by atoms with Gasteiger partial charge in [-0.3, -0.25) is 13.9 Å². The van der Waals surface area contributed by atoms with Crippen LogP contribution < -0.4 is 5.69 Å². The number of carbonyl (C=O) groups excluding carboxylic acids is 2. The van der Waals surface area contributed by atoms with E-state index in [1.54, 1.807) is 34.9 Å². The van der Waals surface area contributed by atoms with Gasteiger partial charge in [-0.05, 0) is 76.2 Å². The first-order chi connectivity index (χ1) is 19.1. The molecular weight excluding hydrogens is 525 g/mol. The van der Waals surface area contributed by atoms with E-state index in [1.807, 2.05) is 11.9 Å². The number of esters is 1. The van der Waals surface area contributed by atoms with Crippen molar-refractivity contribution in [2.45, 2.75) is 44.4 Å². The Bertz CT molecular complexity index is 1420. The summed E-state index contributed by atoms with van der Waals surface area (Å²) in [6.07, 6.45) is -1.85. The van der Waals surface area contributed by atoms with E-state index in [2.05, 4.69) is 4.90 Å². The van der Waals surface area contributed by atoms with E-state index < -0.39 is 23.4 Å². The zero-order valence-electron chi connectivity index (χ0n) is 22.4. The molecule has 0 radical (unpaired) electrons. The number of hydrogen-bond acceptors (Lipinski definition) is 5. The monoisotopic (exact) mass is 558 g/mol. The van der Waals surface area contributed by atoms with E-state index in [9.17, 15) is 27.6 Å². The number of hydrogen-bond donors (Lipinski definition) is 0. The average molecular weight is 559 g/mol. The molecular formula is C29H33F3N4O4. The van der Waals surface area contributed by atoms with Crippen molar-refractivity contribution < 1.29 is 27.5 Å². The molecule has 2 aromatic carbocycles. The topological polar surface area (TPSA) is 76.8 Å². The molecule has 0 saturated carbocycles. The minimum Gasteiger partial charge on any atom is -0.460 e. The first-order valence-corrected chi connectivity index (χ1v) is 13.6. The van der Waals surface area contributed by atoms with Gasteiger partial charge in [0.25, 0.3) is 0 Å². The quantitative estimate of drug-likeness (QED) is 0.425. The van der Waals surface area contributed by atoms with Gasteiger partial charge in [0, 0.05) is 25.0 Å². The largest absolute Gasteiger partial charge is 0.460 e. The van der Waals surface area contributed by atoms with Crippen LogP contribution in [0.3, 0.4) is 0 Å². The number of rotatable bonds is 6. The summed E-state index contributed by atoms with van der Waals surface area (Å²) in [5.41, 5.74) is -0.429. The Labute approximate surface area is 229 Å². The number of halogens is 3. The van der Waals surface area contributed by atoms with E-state index in [1.165, 1.54) is 10.6 Å². The van der Waals surface area contributed by atoms with Crippen LogP contribution in [0.4, 0.5) is 13.2 Å². The zero-order valence-corrected chi connectivity index (χ0v) is 22.4. The minimum atomic E-state index is -4.57. The second-order valence-corrected chi connectivity index (χ2v) is 10.6. The number of alkyl halides is 3. The van der Waals surface area contributed by atoms with Crippen LogP contribution in [0.1, 0.15) is 47.6 Å². The summed E-state index contributed by atoms with van der Waals surface area (Å²) < 4.78 is 48.7. The molecule has 2 aliphatic heterocycles. The lowest BCUT2D eigenvalue weighted by Gasteiger charge is -2.36. The Morgan fingerprint density at radius 1 is 0.925 bits per heavy atom. The molecule has 8 nitrogen and oxygen atoms in total. The number of nitrogens with zero attached hydrogens (tertiary/aromatic N) is 4. The van der Waals surface area contributed by atoms with E-state index in [-0.39, 0.29) is 36.5 Å².